The number of aryl methyl sites for hydroxylation is 1. The van der Waals surface area contributed by atoms with E-state index in [4.69, 9.17) is 0 Å². The average Bonchev–Trinajstić information content (AvgIpc) is 3.62. The molecule has 0 bridgehead atoms. The first-order valence-corrected chi connectivity index (χ1v) is 16.4. The summed E-state index contributed by atoms with van der Waals surface area (Å²) in [6, 6.07) is -4.69. The number of alkyl halides is 2. The highest BCUT2D eigenvalue weighted by Crippen LogP contribution is 2.32. The molecule has 4 atom stereocenters. The largest absolute Gasteiger partial charge is 0.354 e. The highest BCUT2D eigenvalue weighted by atomic mass is 19.3. The van der Waals surface area contributed by atoms with E-state index in [0.717, 1.165) is 0 Å². The van der Waals surface area contributed by atoms with E-state index >= 15 is 0 Å². The Labute approximate surface area is 279 Å². The van der Waals surface area contributed by atoms with Gasteiger partial charge in [-0.2, -0.15) is 0 Å². The van der Waals surface area contributed by atoms with E-state index in [9.17, 15) is 42.3 Å². The van der Waals surface area contributed by atoms with E-state index in [1.807, 2.05) is 6.92 Å². The number of ketones is 2. The van der Waals surface area contributed by atoms with Crippen LogP contribution >= 0.6 is 0 Å². The van der Waals surface area contributed by atoms with Gasteiger partial charge >= 0.3 is 0 Å². The maximum Gasteiger partial charge on any atom is 0.289 e. The molecule has 266 valence electrons. The van der Waals surface area contributed by atoms with Gasteiger partial charge in [0.05, 0.1) is 12.1 Å². The van der Waals surface area contributed by atoms with Crippen LogP contribution < -0.4 is 21.3 Å². The summed E-state index contributed by atoms with van der Waals surface area (Å²) in [4.78, 5) is 95.3. The van der Waals surface area contributed by atoms with Gasteiger partial charge in [-0.1, -0.05) is 34.1 Å². The summed E-state index contributed by atoms with van der Waals surface area (Å²) in [7, 11) is 0. The van der Waals surface area contributed by atoms with Crippen molar-refractivity contribution >= 4 is 41.1 Å². The number of hydrogen-bond donors (Lipinski definition) is 5. The van der Waals surface area contributed by atoms with Crippen LogP contribution in [-0.4, -0.2) is 94.2 Å². The molecule has 2 fully saturated rings. The highest BCUT2D eigenvalue weighted by molar-refractivity contribution is 6.38. The molecule has 0 aromatic carbocycles. The normalized spacial score (nSPS) is 19.0. The Bertz CT molecular complexity index is 1430. The third-order valence-corrected chi connectivity index (χ3v) is 8.77. The quantitative estimate of drug-likeness (QED) is 0.139. The molecular weight excluding hydrogens is 630 g/mol. The fraction of sp³-hybridized carbons (Fsp3) is 0.667. The molecule has 1 aromatic rings. The Morgan fingerprint density at radius 2 is 1.62 bits per heavy atom. The van der Waals surface area contributed by atoms with Gasteiger partial charge in [0.2, 0.25) is 29.9 Å². The van der Waals surface area contributed by atoms with Gasteiger partial charge in [0.1, 0.15) is 23.8 Å². The number of nitrogens with zero attached hydrogens (tertiary/aromatic N) is 1. The summed E-state index contributed by atoms with van der Waals surface area (Å²) in [6.07, 6.45) is -0.919. The molecule has 48 heavy (non-hydrogen) atoms. The summed E-state index contributed by atoms with van der Waals surface area (Å²) in [5, 5.41) is 9.93. The molecule has 0 unspecified atom stereocenters. The Kier molecular flexibility index (Phi) is 12.6. The van der Waals surface area contributed by atoms with Gasteiger partial charge in [-0.15, -0.1) is 0 Å². The molecule has 1 aliphatic heterocycles. The van der Waals surface area contributed by atoms with E-state index in [1.54, 1.807) is 34.6 Å². The van der Waals surface area contributed by atoms with Crippen LogP contribution in [0.25, 0.3) is 0 Å². The summed E-state index contributed by atoms with van der Waals surface area (Å²) >= 11 is 0. The van der Waals surface area contributed by atoms with Crippen molar-refractivity contribution < 1.29 is 42.3 Å². The number of likely N-dealkylation sites (tertiary alicyclic amines) is 1. The van der Waals surface area contributed by atoms with Gasteiger partial charge in [0.25, 0.3) is 11.8 Å². The van der Waals surface area contributed by atoms with Gasteiger partial charge in [-0.25, -0.2) is 8.78 Å². The average molecular weight is 679 g/mol. The fourth-order valence-corrected chi connectivity index (χ4v) is 6.00. The Hall–Kier alpha value is -4.17. The monoisotopic (exact) mass is 678 g/mol. The van der Waals surface area contributed by atoms with Gasteiger partial charge in [0.15, 0.2) is 5.78 Å². The standard InChI is InChI=1S/C33H48F2N6O7/c1-8-9-20-12-13-22(29(45)39-21(14-23(34)35)27(44)31(47)38-19-10-11-19)41(20)32(48)28(33(5,6)7)40-24(43)15-36-30(46)26-25(18(4)42)16(2)17(3)37-26/h19-23,28,37H,8-15H2,1-7H3,(H,36,46)(H,38,47)(H,39,45)(H,40,43)/t20-,21-,22-,28+/m0/s1. The number of aromatic nitrogens is 1. The number of hydrogen-bond acceptors (Lipinski definition) is 7. The lowest BCUT2D eigenvalue weighted by Gasteiger charge is -2.38. The first kappa shape index (κ1) is 38.3. The van der Waals surface area contributed by atoms with Crippen molar-refractivity contribution in [2.24, 2.45) is 5.41 Å². The molecule has 1 aliphatic carbocycles. The second-order valence-electron chi connectivity index (χ2n) is 13.8. The van der Waals surface area contributed by atoms with Crippen LogP contribution in [0.15, 0.2) is 0 Å². The number of aromatic amines is 1. The Morgan fingerprint density at radius 3 is 2.17 bits per heavy atom. The van der Waals surface area contributed by atoms with E-state index < -0.39 is 84.3 Å². The zero-order chi connectivity index (χ0) is 36.1. The number of rotatable bonds is 15. The third-order valence-electron chi connectivity index (χ3n) is 8.77. The number of nitrogens with one attached hydrogen (secondary N) is 5. The third kappa shape index (κ3) is 9.47. The van der Waals surface area contributed by atoms with Crippen LogP contribution in [0.2, 0.25) is 0 Å². The predicted octanol–water partition coefficient (Wildman–Crippen LogP) is 2.24. The van der Waals surface area contributed by atoms with Crippen molar-refractivity contribution in [2.45, 2.75) is 130 Å². The maximum atomic E-state index is 14.2. The molecule has 1 saturated carbocycles. The summed E-state index contributed by atoms with van der Waals surface area (Å²) in [6.45, 7) is 11.3. The van der Waals surface area contributed by atoms with Crippen LogP contribution in [0.3, 0.4) is 0 Å². The van der Waals surface area contributed by atoms with Gasteiger partial charge < -0.3 is 31.2 Å². The topological polar surface area (TPSA) is 187 Å². The van der Waals surface area contributed by atoms with Crippen molar-refractivity contribution in [3.8, 4) is 0 Å². The Morgan fingerprint density at radius 1 is 0.979 bits per heavy atom. The molecule has 2 heterocycles. The van der Waals surface area contributed by atoms with E-state index in [-0.39, 0.29) is 29.5 Å². The number of Topliss-reactive ketones (excluding diaryl/α,β-unsaturated/α-hetero) is 2. The van der Waals surface area contributed by atoms with Crippen LogP contribution in [-0.2, 0) is 24.0 Å². The zero-order valence-electron chi connectivity index (χ0n) is 28.7. The van der Waals surface area contributed by atoms with Crippen LogP contribution in [0.5, 0.6) is 0 Å². The van der Waals surface area contributed by atoms with Crippen molar-refractivity contribution in [2.75, 3.05) is 6.54 Å². The van der Waals surface area contributed by atoms with Crippen LogP contribution in [0.4, 0.5) is 8.78 Å². The minimum atomic E-state index is -2.98. The molecule has 1 saturated heterocycles. The maximum absolute atomic E-state index is 14.2. The lowest BCUT2D eigenvalue weighted by molar-refractivity contribution is -0.147. The minimum absolute atomic E-state index is 0.0238. The molecule has 5 amide bonds. The summed E-state index contributed by atoms with van der Waals surface area (Å²) in [5.74, 6) is -5.35. The Balaban J connectivity index is 1.78. The highest BCUT2D eigenvalue weighted by Gasteiger charge is 2.46. The number of amides is 5. The molecule has 15 heteroatoms. The lowest BCUT2D eigenvalue weighted by atomic mass is 9.85. The first-order valence-electron chi connectivity index (χ1n) is 16.4. The SMILES string of the molecule is CCC[C@H]1CC[C@@H](C(=O)N[C@@H](CC(F)F)C(=O)C(=O)NC2CC2)N1C(=O)[C@@H](NC(=O)CNC(=O)c1[nH]c(C)c(C)c1C(C)=O)C(C)(C)C. The van der Waals surface area contributed by atoms with Crippen LogP contribution in [0, 0.1) is 19.3 Å². The lowest BCUT2D eigenvalue weighted by Crippen LogP contribution is -2.61. The molecule has 2 aliphatic rings. The van der Waals surface area contributed by atoms with E-state index in [0.29, 0.717) is 43.4 Å². The van der Waals surface area contributed by atoms with Gasteiger partial charge in [-0.3, -0.25) is 33.6 Å². The van der Waals surface area contributed by atoms with Crippen molar-refractivity contribution in [3.63, 3.8) is 0 Å². The smallest absolute Gasteiger partial charge is 0.289 e. The van der Waals surface area contributed by atoms with Crippen LogP contribution in [0.1, 0.15) is 112 Å². The minimum Gasteiger partial charge on any atom is -0.354 e. The molecule has 1 aromatic heterocycles. The van der Waals surface area contributed by atoms with E-state index in [1.165, 1.54) is 11.8 Å². The summed E-state index contributed by atoms with van der Waals surface area (Å²) in [5.41, 5.74) is 0.616. The molecule has 5 N–H and O–H groups in total. The van der Waals surface area contributed by atoms with Crippen molar-refractivity contribution in [1.82, 2.24) is 31.2 Å². The summed E-state index contributed by atoms with van der Waals surface area (Å²) < 4.78 is 26.9. The van der Waals surface area contributed by atoms with Gasteiger partial charge in [0, 0.05) is 24.2 Å². The molecule has 13 nitrogen and oxygen atoms in total. The van der Waals surface area contributed by atoms with E-state index in [2.05, 4.69) is 26.3 Å². The van der Waals surface area contributed by atoms with Gasteiger partial charge in [-0.05, 0) is 63.9 Å². The number of halogens is 2. The van der Waals surface area contributed by atoms with Crippen molar-refractivity contribution in [3.05, 3.63) is 22.5 Å². The number of carbonyl (C=O) groups is 7. The first-order chi connectivity index (χ1) is 22.4. The fourth-order valence-electron chi connectivity index (χ4n) is 6.00. The molecule has 0 radical (unpaired) electrons. The predicted molar refractivity (Wildman–Crippen MR) is 171 cm³/mol. The second-order valence-corrected chi connectivity index (χ2v) is 13.8. The number of carbonyl (C=O) groups excluding carboxylic acids is 7. The molecule has 0 spiro atoms. The second kappa shape index (κ2) is 15.8. The molecular formula is C33H48F2N6O7. The van der Waals surface area contributed by atoms with Crippen molar-refractivity contribution in [1.29, 1.82) is 0 Å². The molecule has 3 rings (SSSR count). The number of H-pyrrole nitrogens is 1. The zero-order valence-corrected chi connectivity index (χ0v) is 28.7.